The lowest BCUT2D eigenvalue weighted by molar-refractivity contribution is -0.132. The predicted molar refractivity (Wildman–Crippen MR) is 75.0 cm³/mol. The molecule has 2 heterocycles. The molecule has 2 rings (SSSR count). The van der Waals surface area contributed by atoms with Gasteiger partial charge < -0.3 is 15.4 Å². The summed E-state index contributed by atoms with van der Waals surface area (Å²) in [7, 11) is 0. The Hall–Kier alpha value is -0.650. The molecule has 110 valence electrons. The van der Waals surface area contributed by atoms with Crippen molar-refractivity contribution in [3.63, 3.8) is 0 Å². The summed E-state index contributed by atoms with van der Waals surface area (Å²) in [6.07, 6.45) is 0.952. The molecule has 5 heteroatoms. The average molecular weight is 269 g/mol. The van der Waals surface area contributed by atoms with Crippen molar-refractivity contribution < 1.29 is 9.53 Å². The molecule has 19 heavy (non-hydrogen) atoms. The van der Waals surface area contributed by atoms with E-state index >= 15 is 0 Å². The smallest absolute Gasteiger partial charge is 0.227 e. The van der Waals surface area contributed by atoms with Crippen LogP contribution in [0.3, 0.4) is 0 Å². The Morgan fingerprint density at radius 1 is 1.42 bits per heavy atom. The molecule has 2 aliphatic heterocycles. The highest BCUT2D eigenvalue weighted by atomic mass is 16.5. The van der Waals surface area contributed by atoms with E-state index < -0.39 is 0 Å². The highest BCUT2D eigenvalue weighted by Gasteiger charge is 2.43. The summed E-state index contributed by atoms with van der Waals surface area (Å²) in [4.78, 5) is 14.8. The van der Waals surface area contributed by atoms with Gasteiger partial charge in [0.25, 0.3) is 0 Å². The molecule has 0 saturated carbocycles. The Morgan fingerprint density at radius 3 is 2.74 bits per heavy atom. The van der Waals surface area contributed by atoms with E-state index in [-0.39, 0.29) is 11.3 Å². The molecule has 0 bridgehead atoms. The minimum absolute atomic E-state index is 0.203. The van der Waals surface area contributed by atoms with Crippen LogP contribution in [0.25, 0.3) is 0 Å². The fourth-order valence-electron chi connectivity index (χ4n) is 2.99. The van der Waals surface area contributed by atoms with Crippen molar-refractivity contribution >= 4 is 5.91 Å². The molecule has 0 aromatic rings. The number of nitrogens with one attached hydrogen (secondary N) is 2. The van der Waals surface area contributed by atoms with Crippen LogP contribution in [0.5, 0.6) is 0 Å². The minimum atomic E-state index is -0.203. The average Bonchev–Trinajstić information content (AvgIpc) is 2.90. The number of nitrogens with zero attached hydrogens (tertiary/aromatic N) is 1. The van der Waals surface area contributed by atoms with E-state index in [2.05, 4.69) is 29.4 Å². The van der Waals surface area contributed by atoms with Crippen LogP contribution in [0.4, 0.5) is 0 Å². The number of amides is 1. The molecule has 2 N–H and O–H groups in total. The van der Waals surface area contributed by atoms with Gasteiger partial charge in [0.1, 0.15) is 0 Å². The maximum Gasteiger partial charge on any atom is 0.227 e. The van der Waals surface area contributed by atoms with Crippen LogP contribution in [0, 0.1) is 11.3 Å². The first-order valence-corrected chi connectivity index (χ1v) is 7.44. The summed E-state index contributed by atoms with van der Waals surface area (Å²) < 4.78 is 5.32. The van der Waals surface area contributed by atoms with E-state index in [1.165, 1.54) is 0 Å². The van der Waals surface area contributed by atoms with Crippen LogP contribution < -0.4 is 10.6 Å². The standard InChI is InChI=1S/C14H27N3O2/c1-12(2)14(3-4-15-11-14)13(18)16-5-6-17-7-9-19-10-8-17/h12,15H,3-11H2,1-2H3,(H,16,18). The molecule has 2 saturated heterocycles. The van der Waals surface area contributed by atoms with Gasteiger partial charge in [0, 0.05) is 32.7 Å². The molecule has 1 amide bonds. The molecule has 2 fully saturated rings. The van der Waals surface area contributed by atoms with Crippen molar-refractivity contribution in [2.45, 2.75) is 20.3 Å². The summed E-state index contributed by atoms with van der Waals surface area (Å²) in [6.45, 7) is 11.3. The lowest BCUT2D eigenvalue weighted by atomic mass is 9.75. The number of hydrogen-bond acceptors (Lipinski definition) is 4. The van der Waals surface area contributed by atoms with Crippen molar-refractivity contribution in [3.8, 4) is 0 Å². The maximum atomic E-state index is 12.5. The zero-order chi connectivity index (χ0) is 13.7. The van der Waals surface area contributed by atoms with Crippen molar-refractivity contribution in [1.29, 1.82) is 0 Å². The monoisotopic (exact) mass is 269 g/mol. The summed E-state index contributed by atoms with van der Waals surface area (Å²) >= 11 is 0. The van der Waals surface area contributed by atoms with Gasteiger partial charge in [0.05, 0.1) is 18.6 Å². The Balaban J connectivity index is 1.76. The Kier molecular flexibility index (Phi) is 5.19. The van der Waals surface area contributed by atoms with Crippen molar-refractivity contribution in [1.82, 2.24) is 15.5 Å². The number of carbonyl (C=O) groups is 1. The van der Waals surface area contributed by atoms with Crippen molar-refractivity contribution in [3.05, 3.63) is 0 Å². The van der Waals surface area contributed by atoms with Crippen LogP contribution >= 0.6 is 0 Å². The predicted octanol–water partition coefficient (Wildman–Crippen LogP) is 0.0705. The highest BCUT2D eigenvalue weighted by molar-refractivity contribution is 5.83. The first-order chi connectivity index (χ1) is 9.15. The van der Waals surface area contributed by atoms with Gasteiger partial charge in [-0.2, -0.15) is 0 Å². The Bertz CT molecular complexity index is 295. The van der Waals surface area contributed by atoms with Gasteiger partial charge in [-0.25, -0.2) is 0 Å². The molecule has 1 unspecified atom stereocenters. The Morgan fingerprint density at radius 2 is 2.16 bits per heavy atom. The normalized spacial score (nSPS) is 28.8. The van der Waals surface area contributed by atoms with Crippen molar-refractivity contribution in [2.24, 2.45) is 11.3 Å². The molecule has 1 atom stereocenters. The fraction of sp³-hybridized carbons (Fsp3) is 0.929. The quantitative estimate of drug-likeness (QED) is 0.742. The summed E-state index contributed by atoms with van der Waals surface area (Å²) in [5, 5.41) is 6.46. The minimum Gasteiger partial charge on any atom is -0.379 e. The van der Waals surface area contributed by atoms with Crippen LogP contribution in [0.1, 0.15) is 20.3 Å². The summed E-state index contributed by atoms with van der Waals surface area (Å²) in [5.74, 6) is 0.603. The molecule has 0 spiro atoms. The fourth-order valence-corrected chi connectivity index (χ4v) is 2.99. The Labute approximate surface area is 116 Å². The largest absolute Gasteiger partial charge is 0.379 e. The molecule has 0 aromatic heterocycles. The summed E-state index contributed by atoms with van der Waals surface area (Å²) in [6, 6.07) is 0. The zero-order valence-electron chi connectivity index (χ0n) is 12.2. The van der Waals surface area contributed by atoms with Gasteiger partial charge >= 0.3 is 0 Å². The van der Waals surface area contributed by atoms with E-state index in [9.17, 15) is 4.79 Å². The van der Waals surface area contributed by atoms with Gasteiger partial charge in [0.15, 0.2) is 0 Å². The third-order valence-electron chi connectivity index (χ3n) is 4.56. The lowest BCUT2D eigenvalue weighted by Crippen LogP contribution is -2.48. The van der Waals surface area contributed by atoms with Gasteiger partial charge in [-0.15, -0.1) is 0 Å². The molecule has 0 aliphatic carbocycles. The molecule has 2 aliphatic rings. The highest BCUT2D eigenvalue weighted by Crippen LogP contribution is 2.34. The second kappa shape index (κ2) is 6.68. The van der Waals surface area contributed by atoms with Gasteiger partial charge in [0.2, 0.25) is 5.91 Å². The van der Waals surface area contributed by atoms with Gasteiger partial charge in [-0.1, -0.05) is 13.8 Å². The second-order valence-electron chi connectivity index (χ2n) is 5.95. The molecule has 0 radical (unpaired) electrons. The van der Waals surface area contributed by atoms with E-state index in [1.54, 1.807) is 0 Å². The summed E-state index contributed by atoms with van der Waals surface area (Å²) in [5.41, 5.74) is -0.203. The molecule has 0 aromatic carbocycles. The number of carbonyl (C=O) groups excluding carboxylic acids is 1. The van der Waals surface area contributed by atoms with Gasteiger partial charge in [-0.3, -0.25) is 9.69 Å². The number of rotatable bonds is 5. The molecular formula is C14H27N3O2. The first-order valence-electron chi connectivity index (χ1n) is 7.44. The maximum absolute atomic E-state index is 12.5. The SMILES string of the molecule is CC(C)C1(C(=O)NCCN2CCOCC2)CCNC1. The van der Waals surface area contributed by atoms with E-state index in [0.29, 0.717) is 5.92 Å². The van der Waals surface area contributed by atoms with E-state index in [4.69, 9.17) is 4.74 Å². The van der Waals surface area contributed by atoms with Crippen molar-refractivity contribution in [2.75, 3.05) is 52.5 Å². The van der Waals surface area contributed by atoms with Crippen LogP contribution in [0.2, 0.25) is 0 Å². The van der Waals surface area contributed by atoms with Gasteiger partial charge in [-0.05, 0) is 18.9 Å². The van der Waals surface area contributed by atoms with E-state index in [0.717, 1.165) is 58.9 Å². The second-order valence-corrected chi connectivity index (χ2v) is 5.95. The topological polar surface area (TPSA) is 53.6 Å². The van der Waals surface area contributed by atoms with Crippen LogP contribution in [-0.4, -0.2) is 63.3 Å². The number of hydrogen-bond donors (Lipinski definition) is 2. The zero-order valence-corrected chi connectivity index (χ0v) is 12.2. The third kappa shape index (κ3) is 3.46. The molecular weight excluding hydrogens is 242 g/mol. The van der Waals surface area contributed by atoms with E-state index in [1.807, 2.05) is 0 Å². The lowest BCUT2D eigenvalue weighted by Gasteiger charge is -2.32. The number of morpholine rings is 1. The third-order valence-corrected chi connectivity index (χ3v) is 4.56. The van der Waals surface area contributed by atoms with Crippen LogP contribution in [0.15, 0.2) is 0 Å². The number of ether oxygens (including phenoxy) is 1. The molecule has 5 nitrogen and oxygen atoms in total. The first kappa shape index (κ1) is 14.8. The van der Waals surface area contributed by atoms with Crippen LogP contribution in [-0.2, 0) is 9.53 Å².